The number of carbonyl (C=O) groups excluding carboxylic acids is 6. The van der Waals surface area contributed by atoms with Gasteiger partial charge in [0.2, 0.25) is 5.91 Å². The zero-order valence-corrected chi connectivity index (χ0v) is 61.4. The zero-order chi connectivity index (χ0) is 68.6. The minimum atomic E-state index is -0.895. The summed E-state index contributed by atoms with van der Waals surface area (Å²) in [6, 6.07) is 15.5. The van der Waals surface area contributed by atoms with Crippen LogP contribution in [-0.4, -0.2) is 96.2 Å². The van der Waals surface area contributed by atoms with Crippen LogP contribution in [0.2, 0.25) is 10.0 Å². The van der Waals surface area contributed by atoms with Gasteiger partial charge in [0.25, 0.3) is 0 Å². The maximum Gasteiger partial charge on any atom is 1.00 e. The number of allylic oxidation sites excluding steroid dienone is 19. The molecule has 98 heavy (non-hydrogen) atoms. The summed E-state index contributed by atoms with van der Waals surface area (Å²) in [7, 11) is 0. The molecule has 22 heteroatoms. The Bertz CT molecular complexity index is 3890. The maximum absolute atomic E-state index is 12.2. The number of aliphatic carboxylic acids is 1. The Kier molecular flexibility index (Phi) is 41.2. The number of benzene rings is 2. The Hall–Kier alpha value is -7.44. The smallest absolute Gasteiger partial charge is 0.870 e. The molecule has 0 fully saturated rings. The van der Waals surface area contributed by atoms with E-state index < -0.39 is 5.97 Å². The number of aldehydes is 1. The number of halogens is 3. The van der Waals surface area contributed by atoms with Crippen LogP contribution < -0.4 is 39.4 Å². The summed E-state index contributed by atoms with van der Waals surface area (Å²) in [6.45, 7) is 28.1. The molecule has 2 unspecified atom stereocenters. The molecule has 0 saturated carbocycles. The number of esters is 2. The molecular weight excluding hydrogens is 1340 g/mol. The molecule has 2 aliphatic heterocycles. The van der Waals surface area contributed by atoms with Crippen molar-refractivity contribution in [2.75, 3.05) is 26.3 Å². The number of carboxylic acid groups (broad SMARTS) is 1. The van der Waals surface area contributed by atoms with Crippen molar-refractivity contribution in [3.63, 3.8) is 0 Å². The number of hydrogen-bond acceptors (Lipinski definition) is 15. The maximum atomic E-state index is 12.2. The third kappa shape index (κ3) is 28.4. The van der Waals surface area contributed by atoms with Gasteiger partial charge in [-0.2, -0.15) is 0 Å². The Morgan fingerprint density at radius 2 is 1.00 bits per heavy atom. The van der Waals surface area contributed by atoms with Crippen LogP contribution in [0.4, 0.5) is 0 Å². The summed E-state index contributed by atoms with van der Waals surface area (Å²) >= 11 is 15.7. The van der Waals surface area contributed by atoms with Crippen molar-refractivity contribution in [1.29, 1.82) is 0 Å². The van der Waals surface area contributed by atoms with Crippen molar-refractivity contribution in [3.05, 3.63) is 220 Å². The normalized spacial score (nSPS) is 15.7. The SMILES string of the molecule is C.C=CC(=O)OCC.CC(=O)c1ccc(-c2cc(Cl)c3c(c2)CC(CN)O3)s1.CC(=O)c1ccc(-c2cc(Cl)c3c(c2)CC(CNC(=O)/C=C/C2=C(C)CC(C)=C2)O3)s1.CC1=CC(/C=C/C(=O)O)=C(C)C1.CC1=CC(C=O)=C(C)C1.CCOC(=O)/C=C/C1=C(C)CC(C)=C1.Cl.O.[Li+].[OH-]. The molecule has 0 radical (unpaired) electrons. The van der Waals surface area contributed by atoms with E-state index in [1.54, 1.807) is 39.8 Å². The first-order valence-electron chi connectivity index (χ1n) is 30.5. The summed E-state index contributed by atoms with van der Waals surface area (Å²) in [5.74, 6) is -0.103. The van der Waals surface area contributed by atoms with E-state index in [-0.39, 0.29) is 91.3 Å². The number of nitrogens with two attached hydrogens (primary N) is 1. The minimum Gasteiger partial charge on any atom is -0.870 e. The Morgan fingerprint density at radius 1 is 0.622 bits per heavy atom. The number of ether oxygens (including phenoxy) is 4. The van der Waals surface area contributed by atoms with Gasteiger partial charge in [-0.15, -0.1) is 35.1 Å². The van der Waals surface area contributed by atoms with Crippen molar-refractivity contribution < 1.29 is 87.4 Å². The average molecular weight is 1440 g/mol. The van der Waals surface area contributed by atoms with Gasteiger partial charge in [-0.3, -0.25) is 19.2 Å². The number of Topliss-reactive ketones (excluding diaryl/α,β-unsaturated/α-hetero) is 2. The van der Waals surface area contributed by atoms with Crippen LogP contribution >= 0.6 is 58.3 Å². The largest absolute Gasteiger partial charge is 1.00 e. The first kappa shape index (κ1) is 90.6. The van der Waals surface area contributed by atoms with Crippen LogP contribution in [0.3, 0.4) is 0 Å². The molecule has 2 aromatic carbocycles. The number of carboxylic acids is 1. The third-order valence-corrected chi connectivity index (χ3v) is 17.8. The summed E-state index contributed by atoms with van der Waals surface area (Å²) in [5, 5.41) is 12.5. The molecule has 2 atom stereocenters. The first-order chi connectivity index (χ1) is 44.1. The van der Waals surface area contributed by atoms with Crippen molar-refractivity contribution in [3.8, 4) is 32.4 Å². The Balaban J connectivity index is 0.00000122. The summed E-state index contributed by atoms with van der Waals surface area (Å²) in [4.78, 5) is 80.3. The van der Waals surface area contributed by atoms with E-state index in [2.05, 4.69) is 68.6 Å². The molecule has 0 spiro atoms. The second-order valence-corrected chi connectivity index (χ2v) is 26.0. The van der Waals surface area contributed by atoms with E-state index in [4.69, 9.17) is 48.3 Å². The minimum absolute atomic E-state index is 0. The Morgan fingerprint density at radius 3 is 1.33 bits per heavy atom. The number of carbonyl (C=O) groups is 7. The monoisotopic (exact) mass is 1430 g/mol. The molecule has 0 saturated heterocycles. The fourth-order valence-electron chi connectivity index (χ4n) is 10.4. The first-order valence-corrected chi connectivity index (χ1v) is 32.9. The second kappa shape index (κ2) is 44.6. The topological polar surface area (TPSA) is 276 Å². The van der Waals surface area contributed by atoms with Gasteiger partial charge < -0.3 is 46.1 Å². The summed E-state index contributed by atoms with van der Waals surface area (Å²) in [5.41, 5.74) is 24.1. The predicted octanol–water partition coefficient (Wildman–Crippen LogP) is 14.2. The van der Waals surface area contributed by atoms with Crippen LogP contribution in [0, 0.1) is 0 Å². The van der Waals surface area contributed by atoms with E-state index in [0.717, 1.165) is 114 Å². The third-order valence-electron chi connectivity index (χ3n) is 14.8. The fourth-order valence-corrected chi connectivity index (χ4v) is 12.7. The van der Waals surface area contributed by atoms with Gasteiger partial charge in [0.05, 0.1) is 39.6 Å². The molecule has 0 bridgehead atoms. The standard InChI is InChI=1S/C25H24ClNO3S.C15H14ClNO2S.C12H16O2.C10H12O2.C8H10O.C5H8O2.CH4.ClH.Li.2H2O/c1-14-8-15(2)17(9-14)4-7-24(29)27-13-20-11-19-10-18(12-21(26)25(19)30-20)23-6-5-22(31-23)16(3)28;1-8(18)13-2-3-14(20-13)9-4-10-5-11(7-17)19-15(10)12(16)6-9;1-4-14-12(13)6-5-11-8-9(2)7-10(11)3;1-7-5-8(2)9(6-7)3-4-10(11)12;1-6-3-7(2)8(4-6)5-9;1-3-5(6)7-4-2;;;;;/h4-7,9-10,12,20H,8,11,13H2,1-3H3,(H,27,29);2-4,6,11H,5,7,17H2,1H3;5-6,8H,4,7H2,1-3H3;3-4,6H,5H2,1-2H3,(H,11,12);4-5H,3H2,1-2H3;3H,1,4H2,2H3;1H4;1H;;2*1H2/q;;;;;;;;+1;;/p-1/b7-4+;;6-5+;4-3+;;;;;;;. The van der Waals surface area contributed by atoms with Crippen LogP contribution in [0.5, 0.6) is 11.5 Å². The molecule has 1 amide bonds. The second-order valence-electron chi connectivity index (χ2n) is 23.0. The van der Waals surface area contributed by atoms with E-state index >= 15 is 0 Å². The molecule has 4 aromatic rings. The summed E-state index contributed by atoms with van der Waals surface area (Å²) < 4.78 is 20.9. The average Bonchev–Trinajstić information content (AvgIpc) is 1.68. The number of rotatable bonds is 17. The van der Waals surface area contributed by atoms with Gasteiger partial charge >= 0.3 is 36.8 Å². The molecular formula is C76H92Cl3LiN2O14S2. The van der Waals surface area contributed by atoms with Crippen molar-refractivity contribution in [2.45, 2.75) is 141 Å². The van der Waals surface area contributed by atoms with Gasteiger partial charge in [0, 0.05) is 70.1 Å². The van der Waals surface area contributed by atoms with Gasteiger partial charge in [0.15, 0.2) is 11.6 Å². The van der Waals surface area contributed by atoms with Gasteiger partial charge in [-0.05, 0) is 203 Å². The number of thiophene rings is 2. The van der Waals surface area contributed by atoms with Gasteiger partial charge in [-0.1, -0.05) is 106 Å². The van der Waals surface area contributed by atoms with Gasteiger partial charge in [0.1, 0.15) is 30.0 Å². The summed E-state index contributed by atoms with van der Waals surface area (Å²) in [6.07, 6.45) is 25.1. The number of nitrogens with one attached hydrogen (secondary N) is 1. The zero-order valence-electron chi connectivity index (χ0n) is 57.4. The van der Waals surface area contributed by atoms with E-state index in [1.807, 2.05) is 88.4 Å². The Labute approximate surface area is 613 Å². The molecule has 4 aliphatic carbocycles. The molecule has 10 rings (SSSR count). The van der Waals surface area contributed by atoms with Crippen molar-refractivity contribution in [1.82, 2.24) is 5.32 Å². The number of hydrogen-bond donors (Lipinski definition) is 3. The number of amides is 1. The van der Waals surface area contributed by atoms with Gasteiger partial charge in [-0.25, -0.2) is 14.4 Å². The molecule has 4 heterocycles. The molecule has 16 nitrogen and oxygen atoms in total. The van der Waals surface area contributed by atoms with E-state index in [1.165, 1.54) is 79.4 Å². The molecule has 524 valence electrons. The predicted molar refractivity (Wildman–Crippen MR) is 396 cm³/mol. The molecule has 6 aliphatic rings. The number of fused-ring (bicyclic) bond motifs is 2. The van der Waals surface area contributed by atoms with E-state index in [0.29, 0.717) is 48.5 Å². The van der Waals surface area contributed by atoms with Crippen LogP contribution in [0.15, 0.2) is 189 Å². The molecule has 2 aromatic heterocycles. The van der Waals surface area contributed by atoms with Crippen LogP contribution in [0.25, 0.3) is 20.9 Å². The van der Waals surface area contributed by atoms with Crippen molar-refractivity contribution >= 4 is 100.0 Å². The van der Waals surface area contributed by atoms with Crippen LogP contribution in [-0.2, 0) is 46.3 Å². The fraction of sp³-hybridized carbons (Fsp3) is 0.329. The van der Waals surface area contributed by atoms with Crippen LogP contribution in [0.1, 0.15) is 147 Å². The quantitative estimate of drug-likeness (QED) is 0.0292. The number of ketones is 2. The van der Waals surface area contributed by atoms with Crippen molar-refractivity contribution in [2.24, 2.45) is 5.73 Å². The molecule has 7 N–H and O–H groups in total. The van der Waals surface area contributed by atoms with E-state index in [9.17, 15) is 33.6 Å².